The molecular formula is C15H26N2O2. The maximum atomic E-state index is 11.9. The van der Waals surface area contributed by atoms with Crippen molar-refractivity contribution in [2.75, 3.05) is 33.4 Å². The fourth-order valence-corrected chi connectivity index (χ4v) is 3.04. The molecule has 1 saturated heterocycles. The average Bonchev–Trinajstić information content (AvgIpc) is 3.05. The fourth-order valence-electron chi connectivity index (χ4n) is 3.04. The molecular weight excluding hydrogens is 240 g/mol. The molecule has 19 heavy (non-hydrogen) atoms. The number of methoxy groups -OCH3 is 1. The highest BCUT2D eigenvalue weighted by Gasteiger charge is 2.24. The number of amides is 1. The number of hydrogen-bond donors (Lipinski definition) is 1. The first-order chi connectivity index (χ1) is 9.29. The summed E-state index contributed by atoms with van der Waals surface area (Å²) in [6, 6.07) is 0.498. The van der Waals surface area contributed by atoms with E-state index in [0.717, 1.165) is 39.1 Å². The van der Waals surface area contributed by atoms with Gasteiger partial charge >= 0.3 is 0 Å². The lowest BCUT2D eigenvalue weighted by Gasteiger charge is -2.24. The minimum absolute atomic E-state index is 0.204. The molecule has 108 valence electrons. The van der Waals surface area contributed by atoms with Crippen molar-refractivity contribution in [2.24, 2.45) is 5.92 Å². The largest absolute Gasteiger partial charge is 0.383 e. The maximum Gasteiger partial charge on any atom is 0.220 e. The van der Waals surface area contributed by atoms with Crippen LogP contribution in [-0.4, -0.2) is 50.2 Å². The summed E-state index contributed by atoms with van der Waals surface area (Å²) >= 11 is 0. The molecule has 1 aliphatic heterocycles. The Morgan fingerprint density at radius 3 is 3.11 bits per heavy atom. The van der Waals surface area contributed by atoms with Crippen LogP contribution in [0.3, 0.4) is 0 Å². The first-order valence-electron chi connectivity index (χ1n) is 7.46. The molecule has 0 aromatic carbocycles. The number of hydrogen-bond acceptors (Lipinski definition) is 3. The van der Waals surface area contributed by atoms with Gasteiger partial charge in [0.15, 0.2) is 0 Å². The van der Waals surface area contributed by atoms with Gasteiger partial charge < -0.3 is 10.1 Å². The van der Waals surface area contributed by atoms with E-state index in [2.05, 4.69) is 22.4 Å². The van der Waals surface area contributed by atoms with Crippen LogP contribution in [0, 0.1) is 5.92 Å². The Morgan fingerprint density at radius 2 is 2.37 bits per heavy atom. The molecule has 2 unspecified atom stereocenters. The van der Waals surface area contributed by atoms with Crippen molar-refractivity contribution < 1.29 is 9.53 Å². The Labute approximate surface area is 116 Å². The van der Waals surface area contributed by atoms with Crippen molar-refractivity contribution in [3.63, 3.8) is 0 Å². The molecule has 1 amide bonds. The molecule has 2 aliphatic rings. The van der Waals surface area contributed by atoms with Crippen molar-refractivity contribution in [2.45, 2.75) is 38.1 Å². The van der Waals surface area contributed by atoms with Gasteiger partial charge in [-0.25, -0.2) is 0 Å². The molecule has 0 spiro atoms. The highest BCUT2D eigenvalue weighted by atomic mass is 16.5. The van der Waals surface area contributed by atoms with Gasteiger partial charge in [0.2, 0.25) is 5.91 Å². The zero-order valence-electron chi connectivity index (χ0n) is 11.9. The highest BCUT2D eigenvalue weighted by Crippen LogP contribution is 2.20. The lowest BCUT2D eigenvalue weighted by atomic mass is 10.0. The number of nitrogens with one attached hydrogen (secondary N) is 1. The summed E-state index contributed by atoms with van der Waals surface area (Å²) in [6.07, 6.45) is 9.70. The Morgan fingerprint density at radius 1 is 1.47 bits per heavy atom. The van der Waals surface area contributed by atoms with E-state index in [1.807, 2.05) is 0 Å². The third-order valence-corrected chi connectivity index (χ3v) is 4.18. The zero-order chi connectivity index (χ0) is 13.5. The molecule has 1 fully saturated rings. The quantitative estimate of drug-likeness (QED) is 0.711. The third kappa shape index (κ3) is 4.62. The number of nitrogens with zero attached hydrogens (tertiary/aromatic N) is 1. The van der Waals surface area contributed by atoms with Gasteiger partial charge in [-0.1, -0.05) is 12.2 Å². The van der Waals surface area contributed by atoms with Gasteiger partial charge in [0.25, 0.3) is 0 Å². The SMILES string of the molecule is COCCN1CCCC1CNC(=O)CC1C=CCC1. The second-order valence-corrected chi connectivity index (χ2v) is 5.60. The maximum absolute atomic E-state index is 11.9. The number of carbonyl (C=O) groups is 1. The van der Waals surface area contributed by atoms with Crippen molar-refractivity contribution >= 4 is 5.91 Å². The topological polar surface area (TPSA) is 41.6 Å². The average molecular weight is 266 g/mol. The van der Waals surface area contributed by atoms with Gasteiger partial charge in [-0.05, 0) is 38.1 Å². The molecule has 0 radical (unpaired) electrons. The van der Waals surface area contributed by atoms with Gasteiger partial charge in [0, 0.05) is 32.7 Å². The Kier molecular flexibility index (Phi) is 5.86. The van der Waals surface area contributed by atoms with Crippen molar-refractivity contribution in [3.05, 3.63) is 12.2 Å². The summed E-state index contributed by atoms with van der Waals surface area (Å²) in [5, 5.41) is 3.10. The molecule has 4 nitrogen and oxygen atoms in total. The van der Waals surface area contributed by atoms with Gasteiger partial charge in [-0.2, -0.15) is 0 Å². The molecule has 0 aromatic heterocycles. The van der Waals surface area contributed by atoms with Crippen molar-refractivity contribution in [3.8, 4) is 0 Å². The summed E-state index contributed by atoms with van der Waals surface area (Å²) in [4.78, 5) is 14.3. The molecule has 0 aromatic rings. The third-order valence-electron chi connectivity index (χ3n) is 4.18. The van der Waals surface area contributed by atoms with E-state index in [1.165, 1.54) is 12.8 Å². The van der Waals surface area contributed by atoms with Crippen LogP contribution in [0.15, 0.2) is 12.2 Å². The minimum Gasteiger partial charge on any atom is -0.383 e. The number of allylic oxidation sites excluding steroid dienone is 2. The van der Waals surface area contributed by atoms with Crippen molar-refractivity contribution in [1.82, 2.24) is 10.2 Å². The van der Waals surface area contributed by atoms with Crippen LogP contribution in [0.5, 0.6) is 0 Å². The van der Waals surface area contributed by atoms with Crippen LogP contribution >= 0.6 is 0 Å². The van der Waals surface area contributed by atoms with E-state index in [4.69, 9.17) is 4.74 Å². The molecule has 1 aliphatic carbocycles. The first-order valence-corrected chi connectivity index (χ1v) is 7.46. The summed E-state index contributed by atoms with van der Waals surface area (Å²) in [5.74, 6) is 0.670. The van der Waals surface area contributed by atoms with E-state index in [-0.39, 0.29) is 5.91 Å². The molecule has 2 atom stereocenters. The van der Waals surface area contributed by atoms with Crippen molar-refractivity contribution in [1.29, 1.82) is 0 Å². The Hall–Kier alpha value is -0.870. The number of likely N-dealkylation sites (tertiary alicyclic amines) is 1. The van der Waals surface area contributed by atoms with E-state index >= 15 is 0 Å². The van der Waals surface area contributed by atoms with Crippen LogP contribution in [-0.2, 0) is 9.53 Å². The summed E-state index contributed by atoms with van der Waals surface area (Å²) in [5.41, 5.74) is 0. The molecule has 1 N–H and O–H groups in total. The fraction of sp³-hybridized carbons (Fsp3) is 0.800. The highest BCUT2D eigenvalue weighted by molar-refractivity contribution is 5.76. The smallest absolute Gasteiger partial charge is 0.220 e. The predicted octanol–water partition coefficient (Wildman–Crippen LogP) is 1.57. The van der Waals surface area contributed by atoms with E-state index in [0.29, 0.717) is 18.4 Å². The Bertz CT molecular complexity index is 317. The van der Waals surface area contributed by atoms with E-state index in [9.17, 15) is 4.79 Å². The van der Waals surface area contributed by atoms with Crippen LogP contribution < -0.4 is 5.32 Å². The lowest BCUT2D eigenvalue weighted by molar-refractivity contribution is -0.121. The van der Waals surface area contributed by atoms with E-state index in [1.54, 1.807) is 7.11 Å². The minimum atomic E-state index is 0.204. The Balaban J connectivity index is 1.65. The van der Waals surface area contributed by atoms with Crippen LogP contribution in [0.4, 0.5) is 0 Å². The summed E-state index contributed by atoms with van der Waals surface area (Å²) in [6.45, 7) is 3.67. The van der Waals surface area contributed by atoms with E-state index < -0.39 is 0 Å². The van der Waals surface area contributed by atoms with Gasteiger partial charge in [-0.3, -0.25) is 9.69 Å². The van der Waals surface area contributed by atoms with Crippen LogP contribution in [0.2, 0.25) is 0 Å². The monoisotopic (exact) mass is 266 g/mol. The molecule has 0 saturated carbocycles. The summed E-state index contributed by atoms with van der Waals surface area (Å²) in [7, 11) is 1.74. The van der Waals surface area contributed by atoms with Gasteiger partial charge in [0.1, 0.15) is 0 Å². The first kappa shape index (κ1) is 14.5. The lowest BCUT2D eigenvalue weighted by Crippen LogP contribution is -2.41. The predicted molar refractivity (Wildman–Crippen MR) is 76.0 cm³/mol. The second kappa shape index (κ2) is 7.65. The number of rotatable bonds is 7. The second-order valence-electron chi connectivity index (χ2n) is 5.60. The van der Waals surface area contributed by atoms with Crippen LogP contribution in [0.25, 0.3) is 0 Å². The molecule has 2 rings (SSSR count). The number of ether oxygens (including phenoxy) is 1. The number of carbonyl (C=O) groups excluding carboxylic acids is 1. The normalized spacial score (nSPS) is 27.0. The molecule has 4 heteroatoms. The molecule has 1 heterocycles. The van der Waals surface area contributed by atoms with Gasteiger partial charge in [-0.15, -0.1) is 0 Å². The molecule has 0 bridgehead atoms. The van der Waals surface area contributed by atoms with Gasteiger partial charge in [0.05, 0.1) is 6.61 Å². The zero-order valence-corrected chi connectivity index (χ0v) is 11.9. The standard InChI is InChI=1S/C15H26N2O2/c1-19-10-9-17-8-4-7-14(17)12-16-15(18)11-13-5-2-3-6-13/h2,5,13-14H,3-4,6-12H2,1H3,(H,16,18). The van der Waals surface area contributed by atoms with Crippen LogP contribution in [0.1, 0.15) is 32.1 Å². The summed E-state index contributed by atoms with van der Waals surface area (Å²) < 4.78 is 5.13.